The first-order valence-corrected chi connectivity index (χ1v) is 8.93. The van der Waals surface area contributed by atoms with Crippen molar-refractivity contribution in [3.8, 4) is 5.75 Å². The van der Waals surface area contributed by atoms with E-state index < -0.39 is 0 Å². The van der Waals surface area contributed by atoms with Crippen molar-refractivity contribution in [1.29, 1.82) is 0 Å². The monoisotopic (exact) mass is 376 g/mol. The number of nitrogens with zero attached hydrogens (tertiary/aromatic N) is 1. The highest BCUT2D eigenvalue weighted by molar-refractivity contribution is 6.30. The van der Waals surface area contributed by atoms with Gasteiger partial charge in [-0.3, -0.25) is 14.5 Å². The number of hydrogen-bond acceptors (Lipinski definition) is 4. The van der Waals surface area contributed by atoms with Gasteiger partial charge >= 0.3 is 0 Å². The maximum atomic E-state index is 12.8. The molecule has 0 amide bonds. The van der Waals surface area contributed by atoms with E-state index in [1.54, 1.807) is 12.1 Å². The summed E-state index contributed by atoms with van der Waals surface area (Å²) in [6.07, 6.45) is 0. The molecule has 1 N–H and O–H groups in total. The van der Waals surface area contributed by atoms with Crippen LogP contribution in [0.2, 0.25) is 5.02 Å². The number of benzene rings is 1. The fourth-order valence-corrected chi connectivity index (χ4v) is 3.09. The first-order chi connectivity index (χ1) is 12.2. The van der Waals surface area contributed by atoms with Crippen LogP contribution in [0.3, 0.4) is 0 Å². The van der Waals surface area contributed by atoms with Crippen LogP contribution in [0.5, 0.6) is 5.75 Å². The van der Waals surface area contributed by atoms with Gasteiger partial charge < -0.3 is 9.72 Å². The number of halogens is 1. The van der Waals surface area contributed by atoms with Gasteiger partial charge in [0.05, 0.1) is 11.7 Å². The van der Waals surface area contributed by atoms with Gasteiger partial charge in [-0.15, -0.1) is 0 Å². The van der Waals surface area contributed by atoms with Crippen LogP contribution in [0.15, 0.2) is 24.3 Å². The molecule has 0 bridgehead atoms. The maximum Gasteiger partial charge on any atom is 0.196 e. The van der Waals surface area contributed by atoms with Crippen molar-refractivity contribution in [1.82, 2.24) is 9.88 Å². The molecule has 1 aromatic carbocycles. The summed E-state index contributed by atoms with van der Waals surface area (Å²) in [6.45, 7) is 8.04. The van der Waals surface area contributed by atoms with Gasteiger partial charge in [-0.2, -0.15) is 0 Å². The highest BCUT2D eigenvalue weighted by atomic mass is 35.5. The molecule has 0 aliphatic rings. The SMILES string of the molecule is CC(=O)c1c(C)[nH]c(C(=O)C(C)N(C)CCOc2ccc(Cl)cc2)c1C. The number of carbonyl (C=O) groups excluding carboxylic acids is 2. The number of aromatic nitrogens is 1. The molecule has 0 radical (unpaired) electrons. The summed E-state index contributed by atoms with van der Waals surface area (Å²) in [7, 11) is 1.88. The molecule has 140 valence electrons. The lowest BCUT2D eigenvalue weighted by Gasteiger charge is -2.23. The Morgan fingerprint density at radius 2 is 1.85 bits per heavy atom. The Kier molecular flexibility index (Phi) is 6.62. The lowest BCUT2D eigenvalue weighted by molar-refractivity contribution is 0.0848. The van der Waals surface area contributed by atoms with Crippen LogP contribution in [0, 0.1) is 13.8 Å². The van der Waals surface area contributed by atoms with Gasteiger partial charge in [0.1, 0.15) is 12.4 Å². The molecule has 6 heteroatoms. The lowest BCUT2D eigenvalue weighted by atomic mass is 10.0. The molecular formula is C20H25ClN2O3. The average Bonchev–Trinajstić information content (AvgIpc) is 2.89. The van der Waals surface area contributed by atoms with Gasteiger partial charge in [0.2, 0.25) is 0 Å². The summed E-state index contributed by atoms with van der Waals surface area (Å²) in [5.74, 6) is 0.670. The van der Waals surface area contributed by atoms with E-state index in [4.69, 9.17) is 16.3 Å². The zero-order valence-corrected chi connectivity index (χ0v) is 16.6. The Morgan fingerprint density at radius 1 is 1.23 bits per heavy atom. The molecule has 26 heavy (non-hydrogen) atoms. The van der Waals surface area contributed by atoms with Gasteiger partial charge in [-0.1, -0.05) is 11.6 Å². The lowest BCUT2D eigenvalue weighted by Crippen LogP contribution is -2.38. The number of aryl methyl sites for hydroxylation is 1. The summed E-state index contributed by atoms with van der Waals surface area (Å²) in [5, 5.41) is 0.662. The molecule has 5 nitrogen and oxygen atoms in total. The molecule has 1 heterocycles. The number of ether oxygens (including phenoxy) is 1. The number of aromatic amines is 1. The quantitative estimate of drug-likeness (QED) is 0.705. The Morgan fingerprint density at radius 3 is 2.38 bits per heavy atom. The minimum atomic E-state index is -0.333. The summed E-state index contributed by atoms with van der Waals surface area (Å²) in [6, 6.07) is 6.84. The van der Waals surface area contributed by atoms with E-state index in [-0.39, 0.29) is 17.6 Å². The minimum Gasteiger partial charge on any atom is -0.492 e. The highest BCUT2D eigenvalue weighted by Crippen LogP contribution is 2.21. The standard InChI is InChI=1S/C20H25ClN2O3/c1-12-18(15(4)24)13(2)22-19(12)20(25)14(3)23(5)10-11-26-17-8-6-16(21)7-9-17/h6-9,14,22H,10-11H2,1-5H3. The van der Waals surface area contributed by atoms with E-state index >= 15 is 0 Å². The third-order valence-electron chi connectivity index (χ3n) is 4.60. The molecule has 0 spiro atoms. The zero-order chi connectivity index (χ0) is 19.4. The fourth-order valence-electron chi connectivity index (χ4n) is 2.97. The summed E-state index contributed by atoms with van der Waals surface area (Å²) < 4.78 is 5.68. The predicted octanol–water partition coefficient (Wildman–Crippen LogP) is 4.07. The molecule has 0 saturated heterocycles. The number of hydrogen-bond donors (Lipinski definition) is 1. The van der Waals surface area contributed by atoms with Gasteiger partial charge in [0.15, 0.2) is 11.6 Å². The molecule has 2 aromatic rings. The van der Waals surface area contributed by atoms with Crippen molar-refractivity contribution in [2.45, 2.75) is 33.7 Å². The highest BCUT2D eigenvalue weighted by Gasteiger charge is 2.25. The number of likely N-dealkylation sites (N-methyl/N-ethyl adjacent to an activating group) is 1. The van der Waals surface area contributed by atoms with E-state index in [1.807, 2.05) is 44.9 Å². The van der Waals surface area contributed by atoms with E-state index in [2.05, 4.69) is 4.98 Å². The summed E-state index contributed by atoms with van der Waals surface area (Å²) >= 11 is 5.85. The molecular weight excluding hydrogens is 352 g/mol. The third-order valence-corrected chi connectivity index (χ3v) is 4.85. The van der Waals surface area contributed by atoms with Crippen molar-refractivity contribution in [3.63, 3.8) is 0 Å². The molecule has 0 saturated carbocycles. The van der Waals surface area contributed by atoms with Crippen LogP contribution >= 0.6 is 11.6 Å². The number of carbonyl (C=O) groups is 2. The Labute approximate surface area is 159 Å². The van der Waals surface area contributed by atoms with Crippen LogP contribution < -0.4 is 4.74 Å². The molecule has 2 rings (SSSR count). The molecule has 1 unspecified atom stereocenters. The first-order valence-electron chi connectivity index (χ1n) is 8.55. The van der Waals surface area contributed by atoms with Crippen LogP contribution in [0.25, 0.3) is 0 Å². The van der Waals surface area contributed by atoms with Crippen molar-refractivity contribution < 1.29 is 14.3 Å². The number of rotatable bonds is 8. The summed E-state index contributed by atoms with van der Waals surface area (Å²) in [5.41, 5.74) is 2.57. The van der Waals surface area contributed by atoms with Crippen molar-refractivity contribution in [2.75, 3.05) is 20.2 Å². The molecule has 1 aromatic heterocycles. The summed E-state index contributed by atoms with van der Waals surface area (Å²) in [4.78, 5) is 29.6. The first kappa shape index (κ1) is 20.2. The van der Waals surface area contributed by atoms with E-state index in [0.29, 0.717) is 29.4 Å². The number of Topliss-reactive ketones (excluding diaryl/α,β-unsaturated/α-hetero) is 2. The normalized spacial score (nSPS) is 12.3. The second-order valence-electron chi connectivity index (χ2n) is 6.50. The van der Waals surface area contributed by atoms with Crippen LogP contribution in [-0.2, 0) is 0 Å². The smallest absolute Gasteiger partial charge is 0.196 e. The van der Waals surface area contributed by atoms with Crippen molar-refractivity contribution in [2.24, 2.45) is 0 Å². The minimum absolute atomic E-state index is 0.0346. The van der Waals surface area contributed by atoms with E-state index in [1.165, 1.54) is 6.92 Å². The number of ketones is 2. The zero-order valence-electron chi connectivity index (χ0n) is 15.9. The van der Waals surface area contributed by atoms with Crippen molar-refractivity contribution in [3.05, 3.63) is 51.8 Å². The second kappa shape index (κ2) is 8.52. The second-order valence-corrected chi connectivity index (χ2v) is 6.94. The van der Waals surface area contributed by atoms with Gasteiger partial charge in [-0.05, 0) is 64.6 Å². The Hall–Kier alpha value is -2.11. The van der Waals surface area contributed by atoms with Gasteiger partial charge in [-0.25, -0.2) is 0 Å². The van der Waals surface area contributed by atoms with E-state index in [9.17, 15) is 9.59 Å². The number of nitrogens with one attached hydrogen (secondary N) is 1. The van der Waals surface area contributed by atoms with Gasteiger partial charge in [0.25, 0.3) is 0 Å². The largest absolute Gasteiger partial charge is 0.492 e. The Bertz CT molecular complexity index is 796. The van der Waals surface area contributed by atoms with Crippen LogP contribution in [-0.4, -0.2) is 47.7 Å². The van der Waals surface area contributed by atoms with E-state index in [0.717, 1.165) is 17.0 Å². The molecule has 0 aliphatic heterocycles. The van der Waals surface area contributed by atoms with Gasteiger partial charge in [0, 0.05) is 22.8 Å². The maximum absolute atomic E-state index is 12.8. The van der Waals surface area contributed by atoms with Crippen molar-refractivity contribution >= 4 is 23.2 Å². The van der Waals surface area contributed by atoms with Crippen LogP contribution in [0.4, 0.5) is 0 Å². The molecule has 0 fully saturated rings. The Balaban J connectivity index is 1.98. The average molecular weight is 377 g/mol. The topological polar surface area (TPSA) is 62.4 Å². The van der Waals surface area contributed by atoms with Crippen LogP contribution in [0.1, 0.15) is 46.0 Å². The molecule has 0 aliphatic carbocycles. The fraction of sp³-hybridized carbons (Fsp3) is 0.400. The number of H-pyrrole nitrogens is 1. The third kappa shape index (κ3) is 4.54. The molecule has 1 atom stereocenters. The predicted molar refractivity (Wildman–Crippen MR) is 104 cm³/mol.